The van der Waals surface area contributed by atoms with Crippen molar-refractivity contribution in [2.75, 3.05) is 0 Å². The van der Waals surface area contributed by atoms with Crippen molar-refractivity contribution in [2.45, 2.75) is 0 Å². The van der Waals surface area contributed by atoms with E-state index in [4.69, 9.17) is 28.8 Å². The summed E-state index contributed by atoms with van der Waals surface area (Å²) in [6.07, 6.45) is 0. The monoisotopic (exact) mass is 1450 g/mol. The minimum atomic E-state index is 0.646. The first kappa shape index (κ1) is 65.8. The molecule has 0 atom stereocenters. The van der Waals surface area contributed by atoms with Crippen molar-refractivity contribution in [3.05, 3.63) is 400 Å². The van der Waals surface area contributed by atoms with E-state index in [0.717, 1.165) is 167 Å². The normalized spacial score (nSPS) is 11.7. The zero-order valence-corrected chi connectivity index (χ0v) is 61.7. The summed E-state index contributed by atoms with van der Waals surface area (Å²) in [4.78, 5) is 21.3. The number of rotatable bonds is 13. The molecule has 0 saturated heterocycles. The minimum Gasteiger partial charge on any atom is -0.456 e. The Hall–Kier alpha value is -15.2. The Morgan fingerprint density at radius 1 is 0.149 bits per heavy atom. The van der Waals surface area contributed by atoms with Crippen LogP contribution in [-0.4, -0.2) is 19.9 Å². The van der Waals surface area contributed by atoms with Crippen LogP contribution in [0.15, 0.2) is 409 Å². The topological polar surface area (TPSA) is 77.8 Å². The van der Waals surface area contributed by atoms with E-state index in [2.05, 4.69) is 382 Å². The van der Waals surface area contributed by atoms with Gasteiger partial charge < -0.3 is 8.83 Å². The lowest BCUT2D eigenvalue weighted by Gasteiger charge is -2.13. The third-order valence-corrected chi connectivity index (χ3v) is 22.8. The molecule has 18 aromatic carbocycles. The van der Waals surface area contributed by atoms with E-state index in [1.54, 1.807) is 0 Å². The summed E-state index contributed by atoms with van der Waals surface area (Å²) >= 11 is 0. The van der Waals surface area contributed by atoms with Crippen LogP contribution >= 0.6 is 0 Å². The highest BCUT2D eigenvalue weighted by Crippen LogP contribution is 2.44. The summed E-state index contributed by atoms with van der Waals surface area (Å²) in [6.45, 7) is 0. The third kappa shape index (κ3) is 11.8. The molecule has 4 heterocycles. The van der Waals surface area contributed by atoms with Crippen LogP contribution in [-0.2, 0) is 0 Å². The second-order valence-electron chi connectivity index (χ2n) is 29.5. The molecule has 0 unspecified atom stereocenters. The molecule has 0 aliphatic heterocycles. The zero-order valence-electron chi connectivity index (χ0n) is 61.7. The molecule has 114 heavy (non-hydrogen) atoms. The fourth-order valence-electron chi connectivity index (χ4n) is 16.9. The van der Waals surface area contributed by atoms with Gasteiger partial charge in [-0.3, -0.25) is 0 Å². The van der Waals surface area contributed by atoms with Gasteiger partial charge in [-0.1, -0.05) is 334 Å². The first-order valence-corrected chi connectivity index (χ1v) is 38.7. The van der Waals surface area contributed by atoms with Gasteiger partial charge in [-0.2, -0.15) is 0 Å². The lowest BCUT2D eigenvalue weighted by atomic mass is 9.92. The molecule has 0 saturated carbocycles. The number of hydrogen-bond acceptors (Lipinski definition) is 6. The molecule has 0 radical (unpaired) electrons. The molecular formula is C108H66N4O2. The Balaban J connectivity index is 0.546. The maximum atomic E-state index is 6.92. The van der Waals surface area contributed by atoms with Gasteiger partial charge >= 0.3 is 0 Å². The molecule has 0 bridgehead atoms. The first-order chi connectivity index (χ1) is 56.4. The van der Waals surface area contributed by atoms with Gasteiger partial charge in [-0.15, -0.1) is 0 Å². The van der Waals surface area contributed by atoms with Gasteiger partial charge in [0.05, 0.1) is 22.8 Å². The van der Waals surface area contributed by atoms with Crippen LogP contribution in [0.4, 0.5) is 0 Å². The highest BCUT2D eigenvalue weighted by atomic mass is 16.3. The van der Waals surface area contributed by atoms with Crippen molar-refractivity contribution in [3.63, 3.8) is 0 Å². The second kappa shape index (κ2) is 27.4. The maximum Gasteiger partial charge on any atom is 0.160 e. The summed E-state index contributed by atoms with van der Waals surface area (Å²) in [7, 11) is 0. The summed E-state index contributed by atoms with van der Waals surface area (Å²) < 4.78 is 13.2. The summed E-state index contributed by atoms with van der Waals surface area (Å²) in [5.74, 6) is 1.32. The second-order valence-corrected chi connectivity index (χ2v) is 29.5. The van der Waals surface area contributed by atoms with E-state index in [-0.39, 0.29) is 0 Å². The fourth-order valence-corrected chi connectivity index (χ4v) is 16.9. The van der Waals surface area contributed by atoms with Crippen molar-refractivity contribution < 1.29 is 8.83 Å². The number of hydrogen-bond donors (Lipinski definition) is 0. The molecule has 530 valence electrons. The molecule has 4 aromatic heterocycles. The molecule has 0 spiro atoms. The van der Waals surface area contributed by atoms with Crippen LogP contribution in [0.1, 0.15) is 0 Å². The standard InChI is InChI=1S/C108H66N4O2/c1-2-17-74(18-3-1)99-65-100(110-107(109-99)84-23-14-21-80(59-84)97-61-82-19-4-6-25-86(82)89-27-8-10-29-91(89)97)75-51-43-70(44-52-75)68-39-47-73(48-40-68)88-32-16-33-96-95-58-56-79(64-105(95)114-106(88)96)72-45-53-77(54-46-72)102-66-101(111-108(112-102)85-24-15-22-81(60-85)98-62-83-20-5-7-26-87(83)90-28-9-11-30-92(90)98)76-49-41-69(42-50-76)67-35-37-71(38-36-67)78-55-57-94-93-31-12-13-34-103(93)113-104(94)63-78/h1-66H. The summed E-state index contributed by atoms with van der Waals surface area (Å²) in [6, 6.07) is 143. The van der Waals surface area contributed by atoms with E-state index in [1.165, 1.54) is 54.2 Å². The molecule has 0 amide bonds. The number of benzene rings is 18. The van der Waals surface area contributed by atoms with E-state index < -0.39 is 0 Å². The largest absolute Gasteiger partial charge is 0.456 e. The molecular weight excluding hydrogens is 1390 g/mol. The molecule has 6 nitrogen and oxygen atoms in total. The highest BCUT2D eigenvalue weighted by Gasteiger charge is 2.20. The molecule has 22 aromatic rings. The van der Waals surface area contributed by atoms with Crippen molar-refractivity contribution in [3.8, 4) is 146 Å². The Labute approximate surface area is 657 Å². The molecule has 22 rings (SSSR count). The number of furan rings is 2. The quantitative estimate of drug-likeness (QED) is 0.107. The number of para-hydroxylation sites is 2. The van der Waals surface area contributed by atoms with Crippen molar-refractivity contribution >= 4 is 87.0 Å². The van der Waals surface area contributed by atoms with E-state index in [1.807, 2.05) is 18.2 Å². The number of nitrogens with zero attached hydrogens (tertiary/aromatic N) is 4. The van der Waals surface area contributed by atoms with Crippen LogP contribution in [0.25, 0.3) is 233 Å². The van der Waals surface area contributed by atoms with Crippen LogP contribution in [0.2, 0.25) is 0 Å². The zero-order chi connectivity index (χ0) is 75.2. The van der Waals surface area contributed by atoms with Gasteiger partial charge in [0, 0.05) is 60.5 Å². The predicted octanol–water partition coefficient (Wildman–Crippen LogP) is 29.3. The lowest BCUT2D eigenvalue weighted by molar-refractivity contribution is 0.669. The average Bonchev–Trinajstić information content (AvgIpc) is 1.62. The SMILES string of the molecule is c1ccc(-c2cc(-c3ccc(-c4ccc(-c5cccc6c5oc5cc(-c7ccc(-c8cc(-c9ccc(-c%10ccc(-c%11ccc%12c(c%11)oc%11ccccc%11%12)cc%10)cc9)nc(-c9cccc(-c%10cc%11ccccc%11c%11ccccc%10%11)c9)n8)cc7)ccc56)cc4)cc3)nc(-c3cccc(-c4cc5ccccc5c5ccccc45)c3)n2)cc1. The first-order valence-electron chi connectivity index (χ1n) is 38.7. The Morgan fingerprint density at radius 3 is 0.939 bits per heavy atom. The highest BCUT2D eigenvalue weighted by molar-refractivity contribution is 6.16. The third-order valence-electron chi connectivity index (χ3n) is 22.8. The molecule has 0 N–H and O–H groups in total. The van der Waals surface area contributed by atoms with E-state index in [9.17, 15) is 0 Å². The Kier molecular flexibility index (Phi) is 15.8. The molecule has 0 fully saturated rings. The van der Waals surface area contributed by atoms with Crippen molar-refractivity contribution in [2.24, 2.45) is 0 Å². The van der Waals surface area contributed by atoms with Crippen LogP contribution in [0.3, 0.4) is 0 Å². The summed E-state index contributed by atoms with van der Waals surface area (Å²) in [5.41, 5.74) is 28.3. The molecule has 0 aliphatic carbocycles. The van der Waals surface area contributed by atoms with Gasteiger partial charge in [0.2, 0.25) is 0 Å². The molecule has 0 aliphatic rings. The van der Waals surface area contributed by atoms with Crippen molar-refractivity contribution in [1.82, 2.24) is 19.9 Å². The minimum absolute atomic E-state index is 0.646. The van der Waals surface area contributed by atoms with Crippen molar-refractivity contribution in [1.29, 1.82) is 0 Å². The van der Waals surface area contributed by atoms with Gasteiger partial charge in [-0.25, -0.2) is 19.9 Å². The predicted molar refractivity (Wildman–Crippen MR) is 473 cm³/mol. The van der Waals surface area contributed by atoms with Crippen LogP contribution < -0.4 is 0 Å². The van der Waals surface area contributed by atoms with E-state index in [0.29, 0.717) is 11.6 Å². The smallest absolute Gasteiger partial charge is 0.160 e. The van der Waals surface area contributed by atoms with Gasteiger partial charge in [0.1, 0.15) is 22.3 Å². The number of fused-ring (bicyclic) bond motifs is 12. The lowest BCUT2D eigenvalue weighted by Crippen LogP contribution is -1.96. The van der Waals surface area contributed by atoms with Gasteiger partial charge in [0.15, 0.2) is 11.6 Å². The Bertz CT molecular complexity index is 7550. The average molecular weight is 1450 g/mol. The van der Waals surface area contributed by atoms with Crippen LogP contribution in [0, 0.1) is 0 Å². The summed E-state index contributed by atoms with van der Waals surface area (Å²) in [5, 5.41) is 14.2. The molecule has 6 heteroatoms. The van der Waals surface area contributed by atoms with Gasteiger partial charge in [0.25, 0.3) is 0 Å². The Morgan fingerprint density at radius 2 is 0.465 bits per heavy atom. The van der Waals surface area contributed by atoms with Gasteiger partial charge in [-0.05, 0) is 182 Å². The van der Waals surface area contributed by atoms with E-state index >= 15 is 0 Å². The fraction of sp³-hybridized carbons (Fsp3) is 0. The maximum absolute atomic E-state index is 6.92. The van der Waals surface area contributed by atoms with Crippen LogP contribution in [0.5, 0.6) is 0 Å². The number of aromatic nitrogens is 4.